The third kappa shape index (κ3) is 5.31. The lowest BCUT2D eigenvalue weighted by Crippen LogP contribution is -2.22. The molecule has 0 fully saturated rings. The van der Waals surface area contributed by atoms with Gasteiger partial charge in [0.15, 0.2) is 5.84 Å². The standard InChI is InChI=1S/C19H28N4/c1-5-15(2)11-12-18-9-7-6-8-10-19(20-13-18)23-14-16(3)17(4)21-22-23/h5,8,10,13-15,17H,1,6-7,9,11-12H2,2-4H3. The molecule has 0 aromatic carbocycles. The monoisotopic (exact) mass is 312 g/mol. The van der Waals surface area contributed by atoms with Gasteiger partial charge in [0, 0.05) is 12.4 Å². The van der Waals surface area contributed by atoms with Crippen molar-refractivity contribution in [3.8, 4) is 0 Å². The number of rotatable bonds is 4. The Kier molecular flexibility index (Phi) is 6.51. The number of nitrogens with zero attached hydrogens (tertiary/aromatic N) is 4. The smallest absolute Gasteiger partial charge is 0.154 e. The molecule has 23 heavy (non-hydrogen) atoms. The predicted molar refractivity (Wildman–Crippen MR) is 97.0 cm³/mol. The van der Waals surface area contributed by atoms with E-state index in [-0.39, 0.29) is 6.04 Å². The predicted octanol–water partition coefficient (Wildman–Crippen LogP) is 5.59. The van der Waals surface area contributed by atoms with Crippen molar-refractivity contribution in [3.63, 3.8) is 0 Å². The summed E-state index contributed by atoms with van der Waals surface area (Å²) in [4.78, 5) is 4.68. The second-order valence-electron chi connectivity index (χ2n) is 6.42. The van der Waals surface area contributed by atoms with Crippen LogP contribution in [-0.2, 0) is 0 Å². The van der Waals surface area contributed by atoms with Crippen molar-refractivity contribution in [2.24, 2.45) is 21.2 Å². The third-order valence-corrected chi connectivity index (χ3v) is 4.38. The van der Waals surface area contributed by atoms with Gasteiger partial charge in [0.25, 0.3) is 0 Å². The minimum atomic E-state index is 0.152. The molecule has 0 aliphatic carbocycles. The highest BCUT2D eigenvalue weighted by Crippen LogP contribution is 2.21. The summed E-state index contributed by atoms with van der Waals surface area (Å²) in [6, 6.07) is 0.152. The average Bonchev–Trinajstić information content (AvgIpc) is 2.67. The Morgan fingerprint density at radius 1 is 1.48 bits per heavy atom. The number of hydrogen-bond donors (Lipinski definition) is 0. The van der Waals surface area contributed by atoms with Gasteiger partial charge in [0.1, 0.15) is 0 Å². The van der Waals surface area contributed by atoms with E-state index in [9.17, 15) is 0 Å². The molecule has 0 N–H and O–H groups in total. The van der Waals surface area contributed by atoms with Gasteiger partial charge in [-0.25, -0.2) is 10.0 Å². The van der Waals surface area contributed by atoms with Gasteiger partial charge in [-0.05, 0) is 63.5 Å². The summed E-state index contributed by atoms with van der Waals surface area (Å²) in [6.45, 7) is 10.2. The Bertz CT molecular complexity index is 566. The maximum atomic E-state index is 4.68. The van der Waals surface area contributed by atoms with Crippen LogP contribution >= 0.6 is 0 Å². The van der Waals surface area contributed by atoms with Gasteiger partial charge in [-0.1, -0.05) is 29.9 Å². The van der Waals surface area contributed by atoms with Crippen molar-refractivity contribution in [2.45, 2.75) is 58.9 Å². The van der Waals surface area contributed by atoms with Gasteiger partial charge >= 0.3 is 0 Å². The van der Waals surface area contributed by atoms with Crippen LogP contribution < -0.4 is 0 Å². The number of amidine groups is 1. The Balaban J connectivity index is 2.15. The molecule has 4 nitrogen and oxygen atoms in total. The van der Waals surface area contributed by atoms with Gasteiger partial charge in [-0.3, -0.25) is 0 Å². The van der Waals surface area contributed by atoms with Crippen LogP contribution in [-0.4, -0.2) is 16.9 Å². The molecule has 2 rings (SSSR count). The fourth-order valence-corrected chi connectivity index (χ4v) is 2.42. The van der Waals surface area contributed by atoms with Crippen molar-refractivity contribution < 1.29 is 0 Å². The van der Waals surface area contributed by atoms with Gasteiger partial charge in [-0.15, -0.1) is 6.58 Å². The van der Waals surface area contributed by atoms with E-state index in [1.54, 1.807) is 5.01 Å². The molecule has 0 radical (unpaired) electrons. The van der Waals surface area contributed by atoms with Gasteiger partial charge in [0.05, 0.1) is 6.04 Å². The van der Waals surface area contributed by atoms with Gasteiger partial charge in [0.2, 0.25) is 0 Å². The summed E-state index contributed by atoms with van der Waals surface area (Å²) >= 11 is 0. The largest absolute Gasteiger partial charge is 0.237 e. The molecule has 2 atom stereocenters. The molecule has 2 aliphatic rings. The second-order valence-corrected chi connectivity index (χ2v) is 6.42. The van der Waals surface area contributed by atoms with Crippen molar-refractivity contribution in [3.05, 3.63) is 48.4 Å². The zero-order chi connectivity index (χ0) is 16.7. The molecular weight excluding hydrogens is 284 g/mol. The van der Waals surface area contributed by atoms with Crippen LogP contribution in [0, 0.1) is 5.92 Å². The Hall–Kier alpha value is -1.97. The first-order valence-electron chi connectivity index (χ1n) is 8.53. The third-order valence-electron chi connectivity index (χ3n) is 4.38. The molecule has 0 aromatic heterocycles. The zero-order valence-electron chi connectivity index (χ0n) is 14.6. The Labute approximate surface area is 140 Å². The first kappa shape index (κ1) is 17.4. The molecule has 0 saturated heterocycles. The van der Waals surface area contributed by atoms with E-state index in [1.807, 2.05) is 31.5 Å². The molecule has 0 bridgehead atoms. The molecule has 2 unspecified atom stereocenters. The summed E-state index contributed by atoms with van der Waals surface area (Å²) < 4.78 is 0. The van der Waals surface area contributed by atoms with E-state index in [4.69, 9.17) is 0 Å². The van der Waals surface area contributed by atoms with Crippen LogP contribution in [0.1, 0.15) is 52.9 Å². The average molecular weight is 312 g/mol. The van der Waals surface area contributed by atoms with Gasteiger partial charge in [-0.2, -0.15) is 5.11 Å². The normalized spacial score (nSPS) is 23.2. The lowest BCUT2D eigenvalue weighted by molar-refractivity contribution is 0.492. The Morgan fingerprint density at radius 3 is 3.04 bits per heavy atom. The molecule has 2 aliphatic heterocycles. The highest BCUT2D eigenvalue weighted by atomic mass is 15.6. The van der Waals surface area contributed by atoms with Crippen molar-refractivity contribution in [1.82, 2.24) is 5.01 Å². The zero-order valence-corrected chi connectivity index (χ0v) is 14.6. The van der Waals surface area contributed by atoms with Crippen molar-refractivity contribution >= 4 is 5.84 Å². The van der Waals surface area contributed by atoms with Crippen LogP contribution in [0.2, 0.25) is 0 Å². The van der Waals surface area contributed by atoms with E-state index in [0.29, 0.717) is 5.92 Å². The SMILES string of the molecule is C=CC(C)CCC1=CN=C(N2C=C(C)C(C)N=N2)C=CCCC1. The minimum Gasteiger partial charge on any atom is -0.237 e. The second kappa shape index (κ2) is 8.61. The topological polar surface area (TPSA) is 40.3 Å². The molecule has 0 aromatic rings. The maximum absolute atomic E-state index is 4.68. The van der Waals surface area contributed by atoms with Gasteiger partial charge < -0.3 is 0 Å². The summed E-state index contributed by atoms with van der Waals surface area (Å²) in [5.41, 5.74) is 2.60. The first-order chi connectivity index (χ1) is 11.1. The summed E-state index contributed by atoms with van der Waals surface area (Å²) in [5, 5.41) is 10.3. The van der Waals surface area contributed by atoms with Crippen LogP contribution in [0.4, 0.5) is 0 Å². The fraction of sp³-hybridized carbons (Fsp3) is 0.526. The van der Waals surface area contributed by atoms with E-state index >= 15 is 0 Å². The molecule has 4 heteroatoms. The van der Waals surface area contributed by atoms with Crippen molar-refractivity contribution in [1.29, 1.82) is 0 Å². The van der Waals surface area contributed by atoms with E-state index in [0.717, 1.165) is 31.5 Å². The van der Waals surface area contributed by atoms with Crippen LogP contribution in [0.15, 0.2) is 63.7 Å². The first-order valence-corrected chi connectivity index (χ1v) is 8.53. The van der Waals surface area contributed by atoms with E-state index in [2.05, 4.69) is 41.8 Å². The minimum absolute atomic E-state index is 0.152. The summed E-state index contributed by atoms with van der Waals surface area (Å²) in [5.74, 6) is 1.38. The Morgan fingerprint density at radius 2 is 2.30 bits per heavy atom. The molecule has 2 heterocycles. The molecular formula is C19H28N4. The van der Waals surface area contributed by atoms with Crippen LogP contribution in [0.25, 0.3) is 0 Å². The summed E-state index contributed by atoms with van der Waals surface area (Å²) in [7, 11) is 0. The lowest BCUT2D eigenvalue weighted by Gasteiger charge is -2.20. The maximum Gasteiger partial charge on any atom is 0.154 e. The van der Waals surface area contributed by atoms with Crippen LogP contribution in [0.5, 0.6) is 0 Å². The fourth-order valence-electron chi connectivity index (χ4n) is 2.42. The highest BCUT2D eigenvalue weighted by molar-refractivity contribution is 5.94. The van der Waals surface area contributed by atoms with E-state index < -0.39 is 0 Å². The summed E-state index contributed by atoms with van der Waals surface area (Å²) in [6.07, 6.45) is 15.9. The quantitative estimate of drug-likeness (QED) is 0.624. The molecule has 124 valence electrons. The molecule has 0 saturated carbocycles. The van der Waals surface area contributed by atoms with E-state index in [1.165, 1.54) is 17.6 Å². The molecule has 0 amide bonds. The number of hydrogen-bond acceptors (Lipinski definition) is 4. The number of aliphatic imine (C=N–C) groups is 1. The number of allylic oxidation sites excluding steroid dienone is 3. The lowest BCUT2D eigenvalue weighted by atomic mass is 9.98. The van der Waals surface area contributed by atoms with Crippen LogP contribution in [0.3, 0.4) is 0 Å². The molecule has 0 spiro atoms. The van der Waals surface area contributed by atoms with Crippen molar-refractivity contribution in [2.75, 3.05) is 0 Å². The highest BCUT2D eigenvalue weighted by Gasteiger charge is 2.14.